The molecule has 5 rings (SSSR count). The zero-order chi connectivity index (χ0) is 19.3. The normalized spacial score (nSPS) is 28.9. The van der Waals surface area contributed by atoms with E-state index in [4.69, 9.17) is 5.73 Å². The lowest BCUT2D eigenvalue weighted by Crippen LogP contribution is -2.37. The number of aromatic nitrogens is 4. The number of fused-ring (bicyclic) bond motifs is 1. The van der Waals surface area contributed by atoms with Gasteiger partial charge in [0.2, 0.25) is 0 Å². The number of aliphatic hydroxyl groups excluding tert-OH is 2. The molecule has 28 heavy (non-hydrogen) atoms. The zero-order valence-electron chi connectivity index (χ0n) is 15.4. The quantitative estimate of drug-likeness (QED) is 0.524. The van der Waals surface area contributed by atoms with Gasteiger partial charge in [0.25, 0.3) is 0 Å². The second kappa shape index (κ2) is 7.07. The molecule has 0 unspecified atom stereocenters. The fourth-order valence-electron chi connectivity index (χ4n) is 4.94. The minimum atomic E-state index is -0.837. The van der Waals surface area contributed by atoms with Crippen LogP contribution in [0, 0.1) is 11.8 Å². The number of hydrogen-bond donors (Lipinski definition) is 4. The number of thiazole rings is 1. The standard InChI is InChI=1S/C19H24N6O2S/c20-17-14-12(19-22-5-6-28-19)8-25(18(14)24-9-23-17)13-7-11(15(26)16(13)27)10-1-3-21-4-2-10/h5-6,8-11,13,15-16,21,26-27H,1-4,7H2,(H2,20,23,24)/t11-,13-,15-,16+/m1/s1. The second-order valence-corrected chi connectivity index (χ2v) is 8.67. The molecule has 1 saturated carbocycles. The van der Waals surface area contributed by atoms with Crippen LogP contribution in [0.4, 0.5) is 5.82 Å². The Hall–Kier alpha value is -2.07. The van der Waals surface area contributed by atoms with Crippen molar-refractivity contribution >= 4 is 28.2 Å². The molecule has 0 aromatic carbocycles. The Morgan fingerprint density at radius 2 is 1.96 bits per heavy atom. The molecule has 3 aromatic rings. The number of anilines is 1. The van der Waals surface area contributed by atoms with E-state index in [1.165, 1.54) is 17.7 Å². The van der Waals surface area contributed by atoms with E-state index >= 15 is 0 Å². The minimum absolute atomic E-state index is 0.0852. The summed E-state index contributed by atoms with van der Waals surface area (Å²) in [4.78, 5) is 13.0. The summed E-state index contributed by atoms with van der Waals surface area (Å²) < 4.78 is 1.97. The molecule has 2 fully saturated rings. The van der Waals surface area contributed by atoms with E-state index < -0.39 is 12.2 Å². The van der Waals surface area contributed by atoms with Gasteiger partial charge in [0, 0.05) is 23.3 Å². The maximum atomic E-state index is 10.9. The zero-order valence-corrected chi connectivity index (χ0v) is 16.2. The average Bonchev–Trinajstić information content (AvgIpc) is 3.42. The molecule has 4 heterocycles. The lowest BCUT2D eigenvalue weighted by atomic mass is 9.82. The van der Waals surface area contributed by atoms with Crippen molar-refractivity contribution in [2.45, 2.75) is 37.5 Å². The van der Waals surface area contributed by atoms with Crippen LogP contribution in [-0.2, 0) is 0 Å². The van der Waals surface area contributed by atoms with Gasteiger partial charge in [0.1, 0.15) is 28.9 Å². The predicted molar refractivity (Wildman–Crippen MR) is 108 cm³/mol. The number of piperidine rings is 1. The van der Waals surface area contributed by atoms with Gasteiger partial charge in [-0.1, -0.05) is 0 Å². The Bertz CT molecular complexity index is 968. The highest BCUT2D eigenvalue weighted by molar-refractivity contribution is 7.13. The molecular formula is C19H24N6O2S. The van der Waals surface area contributed by atoms with Crippen LogP contribution in [-0.4, -0.2) is 55.0 Å². The maximum Gasteiger partial charge on any atom is 0.146 e. The van der Waals surface area contributed by atoms with Crippen molar-refractivity contribution in [3.63, 3.8) is 0 Å². The summed E-state index contributed by atoms with van der Waals surface area (Å²) in [6.45, 7) is 1.94. The molecule has 3 aromatic heterocycles. The molecule has 9 heteroatoms. The van der Waals surface area contributed by atoms with E-state index in [2.05, 4.69) is 20.3 Å². The first kappa shape index (κ1) is 18.0. The maximum absolute atomic E-state index is 10.9. The Balaban J connectivity index is 1.57. The van der Waals surface area contributed by atoms with Crippen LogP contribution in [0.3, 0.4) is 0 Å². The number of rotatable bonds is 3. The Morgan fingerprint density at radius 3 is 2.71 bits per heavy atom. The lowest BCUT2D eigenvalue weighted by molar-refractivity contribution is -0.00767. The van der Waals surface area contributed by atoms with Crippen LogP contribution >= 0.6 is 11.3 Å². The average molecular weight is 401 g/mol. The van der Waals surface area contributed by atoms with Gasteiger partial charge in [-0.15, -0.1) is 11.3 Å². The van der Waals surface area contributed by atoms with E-state index in [1.54, 1.807) is 6.20 Å². The number of nitrogens with two attached hydrogens (primary N) is 1. The SMILES string of the molecule is Nc1ncnc2c1c(-c1nccs1)cn2[C@@H]1C[C@H](C2CCNCC2)[C@@H](O)[C@H]1O. The van der Waals surface area contributed by atoms with Crippen molar-refractivity contribution in [1.29, 1.82) is 0 Å². The molecule has 1 aliphatic carbocycles. The van der Waals surface area contributed by atoms with E-state index in [1.807, 2.05) is 16.1 Å². The molecule has 1 aliphatic heterocycles. The molecule has 4 atom stereocenters. The van der Waals surface area contributed by atoms with E-state index in [-0.39, 0.29) is 12.0 Å². The Labute approximate surface area is 166 Å². The smallest absolute Gasteiger partial charge is 0.146 e. The number of nitrogen functional groups attached to an aromatic ring is 1. The fraction of sp³-hybridized carbons (Fsp3) is 0.526. The molecular weight excluding hydrogens is 376 g/mol. The molecule has 0 radical (unpaired) electrons. The number of aliphatic hydroxyl groups is 2. The molecule has 1 saturated heterocycles. The van der Waals surface area contributed by atoms with Gasteiger partial charge in [-0.05, 0) is 44.2 Å². The first-order valence-corrected chi connectivity index (χ1v) is 10.6. The van der Waals surface area contributed by atoms with E-state index in [0.29, 0.717) is 17.4 Å². The summed E-state index contributed by atoms with van der Waals surface area (Å²) in [7, 11) is 0. The lowest BCUT2D eigenvalue weighted by Gasteiger charge is -2.30. The van der Waals surface area contributed by atoms with Crippen molar-refractivity contribution in [2.24, 2.45) is 11.8 Å². The highest BCUT2D eigenvalue weighted by Crippen LogP contribution is 2.45. The van der Waals surface area contributed by atoms with Crippen molar-refractivity contribution in [1.82, 2.24) is 24.8 Å². The van der Waals surface area contributed by atoms with Crippen molar-refractivity contribution in [2.75, 3.05) is 18.8 Å². The Kier molecular flexibility index (Phi) is 4.54. The molecule has 148 valence electrons. The molecule has 2 aliphatic rings. The van der Waals surface area contributed by atoms with Crippen LogP contribution < -0.4 is 11.1 Å². The van der Waals surface area contributed by atoms with Gasteiger partial charge in [0.05, 0.1) is 17.5 Å². The first-order chi connectivity index (χ1) is 13.6. The van der Waals surface area contributed by atoms with Crippen LogP contribution in [0.15, 0.2) is 24.1 Å². The molecule has 0 bridgehead atoms. The topological polar surface area (TPSA) is 122 Å². The largest absolute Gasteiger partial charge is 0.390 e. The van der Waals surface area contributed by atoms with Gasteiger partial charge >= 0.3 is 0 Å². The van der Waals surface area contributed by atoms with Crippen molar-refractivity contribution in [3.8, 4) is 10.6 Å². The first-order valence-electron chi connectivity index (χ1n) is 9.73. The highest BCUT2D eigenvalue weighted by Gasteiger charge is 2.46. The van der Waals surface area contributed by atoms with Crippen molar-refractivity contribution in [3.05, 3.63) is 24.1 Å². The van der Waals surface area contributed by atoms with E-state index in [9.17, 15) is 10.2 Å². The predicted octanol–water partition coefficient (Wildman–Crippen LogP) is 1.42. The van der Waals surface area contributed by atoms with Gasteiger partial charge < -0.3 is 25.8 Å². The van der Waals surface area contributed by atoms with Crippen molar-refractivity contribution < 1.29 is 10.2 Å². The molecule has 5 N–H and O–H groups in total. The summed E-state index contributed by atoms with van der Waals surface area (Å²) in [6, 6.07) is -0.250. The summed E-state index contributed by atoms with van der Waals surface area (Å²) in [5.41, 5.74) is 7.73. The van der Waals surface area contributed by atoms with Crippen LogP contribution in [0.1, 0.15) is 25.3 Å². The highest BCUT2D eigenvalue weighted by atomic mass is 32.1. The number of nitrogens with zero attached hydrogens (tertiary/aromatic N) is 4. The summed E-state index contributed by atoms with van der Waals surface area (Å²) >= 11 is 1.53. The van der Waals surface area contributed by atoms with Gasteiger partial charge in [0.15, 0.2) is 0 Å². The summed E-state index contributed by atoms with van der Waals surface area (Å²) in [5.74, 6) is 0.912. The molecule has 0 spiro atoms. The van der Waals surface area contributed by atoms with Gasteiger partial charge in [-0.3, -0.25) is 0 Å². The van der Waals surface area contributed by atoms with Gasteiger partial charge in [-0.2, -0.15) is 0 Å². The Morgan fingerprint density at radius 1 is 1.14 bits per heavy atom. The molecule has 8 nitrogen and oxygen atoms in total. The second-order valence-electron chi connectivity index (χ2n) is 7.78. The third-order valence-electron chi connectivity index (χ3n) is 6.34. The summed E-state index contributed by atoms with van der Waals surface area (Å²) in [6.07, 6.45) is 6.38. The third-order valence-corrected chi connectivity index (χ3v) is 7.15. The number of nitrogens with one attached hydrogen (secondary N) is 1. The van der Waals surface area contributed by atoms with E-state index in [0.717, 1.165) is 48.3 Å². The van der Waals surface area contributed by atoms with Crippen LogP contribution in [0.2, 0.25) is 0 Å². The monoisotopic (exact) mass is 400 g/mol. The minimum Gasteiger partial charge on any atom is -0.390 e. The number of hydrogen-bond acceptors (Lipinski definition) is 8. The summed E-state index contributed by atoms with van der Waals surface area (Å²) in [5, 5.41) is 28.6. The van der Waals surface area contributed by atoms with Crippen LogP contribution in [0.5, 0.6) is 0 Å². The van der Waals surface area contributed by atoms with Gasteiger partial charge in [-0.25, -0.2) is 15.0 Å². The van der Waals surface area contributed by atoms with Crippen LogP contribution in [0.25, 0.3) is 21.6 Å². The fourth-order valence-corrected chi connectivity index (χ4v) is 5.59. The third kappa shape index (κ3) is 2.81. The molecule has 0 amide bonds.